The van der Waals surface area contributed by atoms with Crippen LogP contribution in [0.2, 0.25) is 10.8 Å². The molecular formula is C101H172N2Ni. The summed E-state index contributed by atoms with van der Waals surface area (Å²) < 4.78 is 1.59. The Labute approximate surface area is 656 Å². The van der Waals surface area contributed by atoms with Gasteiger partial charge in [-0.25, -0.2) is 4.70 Å². The van der Waals surface area contributed by atoms with Gasteiger partial charge in [0.1, 0.15) is 5.57 Å². The van der Waals surface area contributed by atoms with Gasteiger partial charge in [0.2, 0.25) is 11.4 Å². The minimum atomic E-state index is 0.898. The molecule has 1 aliphatic rings. The molecule has 0 spiro atoms. The Balaban J connectivity index is 0.00000497. The van der Waals surface area contributed by atoms with Gasteiger partial charge < -0.3 is 5.53 Å². The maximum atomic E-state index is 12.9. The zero-order valence-corrected chi connectivity index (χ0v) is 70.9. The van der Waals surface area contributed by atoms with E-state index >= 15 is 0 Å². The maximum absolute atomic E-state index is 12.9. The minimum Gasteiger partial charge on any atom is -0.493 e. The summed E-state index contributed by atoms with van der Waals surface area (Å²) in [5.41, 5.74) is 21.9. The molecule has 596 valence electrons. The van der Waals surface area contributed by atoms with E-state index in [1.54, 1.807) is 19.1 Å². The van der Waals surface area contributed by atoms with Crippen LogP contribution in [0.25, 0.3) is 16.9 Å². The summed E-state index contributed by atoms with van der Waals surface area (Å²) >= 11 is 1.66. The van der Waals surface area contributed by atoms with Crippen LogP contribution in [-0.4, -0.2) is 4.70 Å². The number of unbranched alkanes of at least 4 members (excludes halogenated alkanes) is 60. The SMILES string of the molecule is C=C[CH2][Ni][CH2]C=C.CCCCCCCCCCCCCCCCCCCCC=CCCc1ccccc1C1=C(C#CCCCCCCCCCCCCCCCCCCCCCCCCC)C(CCCC)=C(c2ccccc2CCC=CCCCCCCCCCCCCCCCCCCCC)[N+]1=[N-]. The Hall–Kier alpha value is -3.47. The van der Waals surface area contributed by atoms with Crippen LogP contribution < -0.4 is 0 Å². The summed E-state index contributed by atoms with van der Waals surface area (Å²) in [5.74, 6) is 7.55. The molecule has 2 aromatic carbocycles. The van der Waals surface area contributed by atoms with Crippen molar-refractivity contribution in [3.05, 3.63) is 137 Å². The standard InChI is InChI=1S/C95H162N2.2C3H5.Ni/c1-5-9-13-16-19-22-25-28-31-34-37-40-43-44-45-48-51-54-57-60-63-66-69-72-75-87-93-92(84-12-8-4)94(90-85-78-76-82-88(90)80-73-70-67-64-61-58-55-52-49-46-41-38-35-32-29-26-23-20-17-14-10-6-2)97(96)95(93)91-86-79-77-83-89(91)81-74-71-68-65-62-59-56-53-50-47-42-39-36-33-30-27-24-21-18-15-11-7-3;2*1-3-2;/h67-68,70-71,76-79,82-83,85-86H,5-66,69,72-74,80-81,84H2,1-4H3;2*3H,1-2H2;. The van der Waals surface area contributed by atoms with Crippen LogP contribution in [0, 0.1) is 11.8 Å². The summed E-state index contributed by atoms with van der Waals surface area (Å²) in [5, 5.41) is 2.11. The monoisotopic (exact) mass is 1470 g/mol. The molecule has 1 heterocycles. The predicted octanol–water partition coefficient (Wildman–Crippen LogP) is 35.6. The van der Waals surface area contributed by atoms with Crippen molar-refractivity contribution in [1.29, 1.82) is 0 Å². The maximum Gasteiger partial charge on any atom is 0.223 e. The summed E-state index contributed by atoms with van der Waals surface area (Å²) in [6, 6.07) is 17.9. The van der Waals surface area contributed by atoms with Gasteiger partial charge in [0.15, 0.2) is 0 Å². The van der Waals surface area contributed by atoms with Gasteiger partial charge in [0, 0.05) is 17.6 Å². The third kappa shape index (κ3) is 55.9. The molecule has 2 nitrogen and oxygen atoms in total. The zero-order chi connectivity index (χ0) is 74.4. The van der Waals surface area contributed by atoms with Gasteiger partial charge in [0.25, 0.3) is 0 Å². The van der Waals surface area contributed by atoms with E-state index in [4.69, 9.17) is 0 Å². The second-order valence-corrected chi connectivity index (χ2v) is 33.0. The first-order chi connectivity index (χ1) is 51.6. The topological polar surface area (TPSA) is 25.3 Å². The normalized spacial score (nSPS) is 12.4. The van der Waals surface area contributed by atoms with Gasteiger partial charge in [-0.3, -0.25) is 0 Å². The molecule has 0 radical (unpaired) electrons. The second kappa shape index (κ2) is 77.7. The van der Waals surface area contributed by atoms with Crippen molar-refractivity contribution >= 4 is 11.4 Å². The average molecular weight is 1470 g/mol. The smallest absolute Gasteiger partial charge is 0.223 e. The Bertz CT molecular complexity index is 2430. The molecule has 0 N–H and O–H groups in total. The van der Waals surface area contributed by atoms with Crippen LogP contribution in [-0.2, 0) is 27.3 Å². The molecule has 0 aromatic heterocycles. The Morgan fingerprint density at radius 1 is 0.308 bits per heavy atom. The molecular weight excluding hydrogens is 1300 g/mol. The molecule has 0 aliphatic carbocycles. The van der Waals surface area contributed by atoms with E-state index in [0.717, 1.165) is 96.7 Å². The largest absolute Gasteiger partial charge is 0.493 e. The van der Waals surface area contributed by atoms with E-state index in [-0.39, 0.29) is 0 Å². The van der Waals surface area contributed by atoms with Gasteiger partial charge in [-0.15, -0.1) is 0 Å². The molecule has 0 unspecified atom stereocenters. The molecule has 2 aromatic rings. The summed E-state index contributed by atoms with van der Waals surface area (Å²) in [6.07, 6.45) is 107. The number of allylic oxidation sites excluding steroid dienone is 8. The molecule has 1 aliphatic heterocycles. The van der Waals surface area contributed by atoms with E-state index in [1.807, 2.05) is 12.2 Å². The van der Waals surface area contributed by atoms with E-state index in [0.29, 0.717) is 0 Å². The van der Waals surface area contributed by atoms with Crippen molar-refractivity contribution in [2.75, 3.05) is 0 Å². The molecule has 0 bridgehead atoms. The number of benzene rings is 2. The van der Waals surface area contributed by atoms with E-state index in [9.17, 15) is 5.53 Å². The van der Waals surface area contributed by atoms with Gasteiger partial charge in [-0.05, 0) is 93.9 Å². The fraction of sp³-hybridized carbons (Fsp3) is 0.743. The summed E-state index contributed by atoms with van der Waals surface area (Å²) in [7, 11) is 0. The number of hydrogen-bond acceptors (Lipinski definition) is 0. The molecule has 3 heteroatoms. The minimum absolute atomic E-state index is 0.898. The molecule has 0 saturated heterocycles. The average Bonchev–Trinajstić information content (AvgIpc) is 1.60. The van der Waals surface area contributed by atoms with Crippen LogP contribution in [0.5, 0.6) is 0 Å². The summed E-state index contributed by atoms with van der Waals surface area (Å²) in [6.45, 7) is 16.4. The van der Waals surface area contributed by atoms with Crippen LogP contribution >= 0.6 is 0 Å². The quantitative estimate of drug-likeness (QED) is 0.0207. The Morgan fingerprint density at radius 2 is 0.567 bits per heavy atom. The molecule has 0 saturated carbocycles. The van der Waals surface area contributed by atoms with Crippen molar-refractivity contribution in [1.82, 2.24) is 0 Å². The molecule has 3 rings (SSSR count). The van der Waals surface area contributed by atoms with Crippen LogP contribution in [0.3, 0.4) is 0 Å². The van der Waals surface area contributed by atoms with Crippen molar-refractivity contribution in [3.63, 3.8) is 0 Å². The van der Waals surface area contributed by atoms with Crippen LogP contribution in [0.15, 0.2) is 109 Å². The zero-order valence-electron chi connectivity index (χ0n) is 69.9. The van der Waals surface area contributed by atoms with E-state index in [1.165, 1.54) is 402 Å². The molecule has 104 heavy (non-hydrogen) atoms. The number of hydrogen-bond donors (Lipinski definition) is 0. The van der Waals surface area contributed by atoms with Crippen LogP contribution in [0.4, 0.5) is 0 Å². The van der Waals surface area contributed by atoms with Gasteiger partial charge >= 0.3 is 50.5 Å². The fourth-order valence-electron chi connectivity index (χ4n) is 15.4. The van der Waals surface area contributed by atoms with Gasteiger partial charge in [-0.1, -0.05) is 466 Å². The van der Waals surface area contributed by atoms with Gasteiger partial charge in [0.05, 0.1) is 5.56 Å². The van der Waals surface area contributed by atoms with Crippen molar-refractivity contribution in [2.24, 2.45) is 0 Å². The second-order valence-electron chi connectivity index (χ2n) is 31.7. The van der Waals surface area contributed by atoms with Crippen molar-refractivity contribution < 1.29 is 19.1 Å². The fourth-order valence-corrected chi connectivity index (χ4v) is 16.0. The van der Waals surface area contributed by atoms with Crippen LogP contribution in [0.1, 0.15) is 480 Å². The van der Waals surface area contributed by atoms with Gasteiger partial charge in [-0.2, -0.15) is 0 Å². The molecule has 0 atom stereocenters. The van der Waals surface area contributed by atoms with Crippen molar-refractivity contribution in [2.45, 2.75) is 482 Å². The van der Waals surface area contributed by atoms with E-state index in [2.05, 4.69) is 126 Å². The van der Waals surface area contributed by atoms with Crippen molar-refractivity contribution in [3.8, 4) is 11.8 Å². The molecule has 0 fully saturated rings. The van der Waals surface area contributed by atoms with E-state index < -0.39 is 0 Å². The Kier molecular flexibility index (Phi) is 72.2. The first kappa shape index (κ1) is 96.6. The third-order valence-corrected chi connectivity index (χ3v) is 23.1. The first-order valence-corrected chi connectivity index (χ1v) is 47.6. The first-order valence-electron chi connectivity index (χ1n) is 46.2. The predicted molar refractivity (Wildman–Crippen MR) is 466 cm³/mol. The third-order valence-electron chi connectivity index (χ3n) is 22.0. The number of nitrogens with zero attached hydrogens (tertiary/aromatic N) is 2. The number of aryl methyl sites for hydroxylation is 2. The summed E-state index contributed by atoms with van der Waals surface area (Å²) in [4.78, 5) is 0. The molecule has 0 amide bonds. The number of rotatable bonds is 76. The Morgan fingerprint density at radius 3 is 0.865 bits per heavy atom.